The fraction of sp³-hybridized carbons (Fsp3) is 0.400. The first-order valence-corrected chi connectivity index (χ1v) is 5.12. The number of nitrogens with zero attached hydrogens (tertiary/aromatic N) is 1. The maximum atomic E-state index is 12.4. The average molecular weight is 302 g/mol. The van der Waals surface area contributed by atoms with Crippen molar-refractivity contribution in [1.82, 2.24) is 4.98 Å². The molecule has 112 valence electrons. The molecule has 0 aromatic carbocycles. The zero-order chi connectivity index (χ0) is 15.6. The predicted molar refractivity (Wildman–Crippen MR) is 55.4 cm³/mol. The smallest absolute Gasteiger partial charge is 0.417 e. The summed E-state index contributed by atoms with van der Waals surface area (Å²) in [4.78, 5) is 14.0. The summed E-state index contributed by atoms with van der Waals surface area (Å²) >= 11 is 0. The topological polar surface area (TPSA) is 62.2 Å². The van der Waals surface area contributed by atoms with Gasteiger partial charge in [-0.15, -0.1) is 0 Å². The van der Waals surface area contributed by atoms with Crippen LogP contribution >= 0.6 is 0 Å². The summed E-state index contributed by atoms with van der Waals surface area (Å²) in [5, 5.41) is 10.8. The molecule has 1 aromatic heterocycles. The molecule has 10 heteroatoms. The first-order valence-electron chi connectivity index (χ1n) is 5.12. The number of carboxylic acid groups (broad SMARTS) is 1. The van der Waals surface area contributed by atoms with Crippen LogP contribution in [0.3, 0.4) is 0 Å². The summed E-state index contributed by atoms with van der Waals surface area (Å²) in [5.41, 5.74) is -2.14. The van der Waals surface area contributed by atoms with Crippen LogP contribution < -0.4 is 5.32 Å². The third kappa shape index (κ3) is 4.59. The van der Waals surface area contributed by atoms with Gasteiger partial charge in [0, 0.05) is 12.7 Å². The second kappa shape index (κ2) is 5.55. The molecule has 1 rings (SSSR count). The lowest BCUT2D eigenvalue weighted by atomic mass is 10.2. The third-order valence-electron chi connectivity index (χ3n) is 2.15. The highest BCUT2D eigenvalue weighted by Gasteiger charge is 2.33. The Morgan fingerprint density at radius 2 is 1.85 bits per heavy atom. The normalized spacial score (nSPS) is 12.3. The maximum Gasteiger partial charge on any atom is 0.417 e. The van der Waals surface area contributed by atoms with Crippen molar-refractivity contribution in [1.29, 1.82) is 0 Å². The van der Waals surface area contributed by atoms with Crippen LogP contribution in [-0.4, -0.2) is 28.8 Å². The van der Waals surface area contributed by atoms with Crippen molar-refractivity contribution >= 4 is 11.8 Å². The molecule has 2 N–H and O–H groups in total. The first kappa shape index (κ1) is 16.1. The van der Waals surface area contributed by atoms with Gasteiger partial charge in [0.15, 0.2) is 0 Å². The fourth-order valence-corrected chi connectivity index (χ4v) is 1.25. The molecule has 0 aliphatic rings. The van der Waals surface area contributed by atoms with E-state index in [2.05, 4.69) is 10.3 Å². The lowest BCUT2D eigenvalue weighted by Gasteiger charge is -2.12. The van der Waals surface area contributed by atoms with Crippen LogP contribution in [0.2, 0.25) is 0 Å². The van der Waals surface area contributed by atoms with Crippen molar-refractivity contribution in [3.63, 3.8) is 0 Å². The summed E-state index contributed by atoms with van der Waals surface area (Å²) in [7, 11) is 0. The molecule has 0 unspecified atom stereocenters. The molecule has 1 heterocycles. The molecule has 0 radical (unpaired) electrons. The maximum absolute atomic E-state index is 12.4. The molecule has 4 nitrogen and oxygen atoms in total. The van der Waals surface area contributed by atoms with Gasteiger partial charge in [-0.25, -0.2) is 9.78 Å². The number of hydrogen-bond donors (Lipinski definition) is 2. The molecule has 0 aliphatic carbocycles. The Bertz CT molecular complexity index is 498. The third-order valence-corrected chi connectivity index (χ3v) is 2.15. The largest absolute Gasteiger partial charge is 0.478 e. The summed E-state index contributed by atoms with van der Waals surface area (Å²) in [6.45, 7) is -0.692. The Balaban J connectivity index is 2.94. The molecule has 1 aromatic rings. The minimum atomic E-state index is -4.79. The van der Waals surface area contributed by atoms with Crippen molar-refractivity contribution in [2.24, 2.45) is 0 Å². The van der Waals surface area contributed by atoms with Gasteiger partial charge >= 0.3 is 18.3 Å². The van der Waals surface area contributed by atoms with Gasteiger partial charge < -0.3 is 10.4 Å². The Hall–Kier alpha value is -2.00. The number of carbonyl (C=O) groups is 1. The zero-order valence-electron chi connectivity index (χ0n) is 9.64. The number of halogens is 6. The minimum Gasteiger partial charge on any atom is -0.478 e. The number of carboxylic acids is 1. The monoisotopic (exact) mass is 302 g/mol. The van der Waals surface area contributed by atoms with Gasteiger partial charge in [0.2, 0.25) is 0 Å². The van der Waals surface area contributed by atoms with Crippen LogP contribution in [0.5, 0.6) is 0 Å². The van der Waals surface area contributed by atoms with E-state index in [1.807, 2.05) is 0 Å². The zero-order valence-corrected chi connectivity index (χ0v) is 9.64. The molecule has 0 saturated heterocycles. The molecule has 0 spiro atoms. The van der Waals surface area contributed by atoms with Gasteiger partial charge in [-0.05, 0) is 6.07 Å². The number of alkyl halides is 6. The van der Waals surface area contributed by atoms with Gasteiger partial charge in [-0.1, -0.05) is 0 Å². The van der Waals surface area contributed by atoms with Gasteiger partial charge in [-0.3, -0.25) is 0 Å². The highest BCUT2D eigenvalue weighted by molar-refractivity contribution is 5.93. The van der Waals surface area contributed by atoms with Crippen molar-refractivity contribution < 1.29 is 36.2 Å². The Kier molecular flexibility index (Phi) is 4.46. The van der Waals surface area contributed by atoms with E-state index in [-0.39, 0.29) is 0 Å². The summed E-state index contributed by atoms with van der Waals surface area (Å²) in [6, 6.07) is 0.311. The standard InChI is InChI=1S/C10H8F6N2O2/c11-9(12,13)1-2-17-7-6(8(19)20)3-5(4-18-7)10(14,15)16/h3-4H,1-2H2,(H,17,18)(H,19,20). The van der Waals surface area contributed by atoms with Crippen LogP contribution in [-0.2, 0) is 6.18 Å². The van der Waals surface area contributed by atoms with E-state index in [9.17, 15) is 31.1 Å². The number of hydrogen-bond acceptors (Lipinski definition) is 3. The Morgan fingerprint density at radius 1 is 1.25 bits per heavy atom. The van der Waals surface area contributed by atoms with E-state index in [1.165, 1.54) is 0 Å². The Labute approximate surface area is 108 Å². The molecular formula is C10H8F6N2O2. The van der Waals surface area contributed by atoms with Crippen LogP contribution in [0.15, 0.2) is 12.3 Å². The van der Waals surface area contributed by atoms with E-state index < -0.39 is 48.2 Å². The van der Waals surface area contributed by atoms with Gasteiger partial charge in [0.1, 0.15) is 11.4 Å². The van der Waals surface area contributed by atoms with Gasteiger partial charge in [0.05, 0.1) is 12.0 Å². The lowest BCUT2D eigenvalue weighted by Crippen LogP contribution is -2.17. The van der Waals surface area contributed by atoms with Crippen LogP contribution in [0, 0.1) is 0 Å². The minimum absolute atomic E-state index is 0.311. The van der Waals surface area contributed by atoms with Crippen molar-refractivity contribution in [3.05, 3.63) is 23.4 Å². The van der Waals surface area contributed by atoms with Crippen LogP contribution in [0.25, 0.3) is 0 Å². The molecular weight excluding hydrogens is 294 g/mol. The highest BCUT2D eigenvalue weighted by Crippen LogP contribution is 2.30. The molecule has 0 fully saturated rings. The Morgan fingerprint density at radius 3 is 2.30 bits per heavy atom. The van der Waals surface area contributed by atoms with E-state index >= 15 is 0 Å². The van der Waals surface area contributed by atoms with Gasteiger partial charge in [0.25, 0.3) is 0 Å². The lowest BCUT2D eigenvalue weighted by molar-refractivity contribution is -0.137. The van der Waals surface area contributed by atoms with Crippen molar-refractivity contribution in [3.8, 4) is 0 Å². The molecule has 0 saturated carbocycles. The fourth-order valence-electron chi connectivity index (χ4n) is 1.25. The number of aromatic nitrogens is 1. The molecule has 20 heavy (non-hydrogen) atoms. The predicted octanol–water partition coefficient (Wildman–Crippen LogP) is 3.16. The number of nitrogens with one attached hydrogen (secondary N) is 1. The SMILES string of the molecule is O=C(O)c1cc(C(F)(F)F)cnc1NCCC(F)(F)F. The molecule has 0 amide bonds. The number of aromatic carboxylic acids is 1. The van der Waals surface area contributed by atoms with Crippen molar-refractivity contribution in [2.75, 3.05) is 11.9 Å². The summed E-state index contributed by atoms with van der Waals surface area (Å²) < 4.78 is 72.8. The number of anilines is 1. The summed E-state index contributed by atoms with van der Waals surface area (Å²) in [5.74, 6) is -2.27. The number of pyridine rings is 1. The second-order valence-electron chi connectivity index (χ2n) is 3.72. The van der Waals surface area contributed by atoms with E-state index in [1.54, 1.807) is 0 Å². The van der Waals surface area contributed by atoms with E-state index in [0.717, 1.165) is 0 Å². The highest BCUT2D eigenvalue weighted by atomic mass is 19.4. The second-order valence-corrected chi connectivity index (χ2v) is 3.72. The van der Waals surface area contributed by atoms with Crippen LogP contribution in [0.1, 0.15) is 22.3 Å². The van der Waals surface area contributed by atoms with E-state index in [0.29, 0.717) is 12.3 Å². The first-order chi connectivity index (χ1) is 9.00. The average Bonchev–Trinajstić information content (AvgIpc) is 2.25. The molecule has 0 atom stereocenters. The van der Waals surface area contributed by atoms with E-state index in [4.69, 9.17) is 5.11 Å². The van der Waals surface area contributed by atoms with Crippen molar-refractivity contribution in [2.45, 2.75) is 18.8 Å². The quantitative estimate of drug-likeness (QED) is 0.839. The van der Waals surface area contributed by atoms with Gasteiger partial charge in [-0.2, -0.15) is 26.3 Å². The summed E-state index contributed by atoms with van der Waals surface area (Å²) in [6.07, 6.45) is -10.2. The number of rotatable bonds is 4. The van der Waals surface area contributed by atoms with Crippen LogP contribution in [0.4, 0.5) is 32.2 Å². The molecule has 0 bridgehead atoms. The molecule has 0 aliphatic heterocycles.